The van der Waals surface area contributed by atoms with E-state index in [1.807, 2.05) is 47.0 Å². The van der Waals surface area contributed by atoms with Crippen molar-refractivity contribution < 1.29 is 0 Å². The van der Waals surface area contributed by atoms with E-state index < -0.39 is 0 Å². The van der Waals surface area contributed by atoms with Crippen molar-refractivity contribution in [2.75, 3.05) is 0 Å². The predicted molar refractivity (Wildman–Crippen MR) is 116 cm³/mol. The first kappa shape index (κ1) is 17.4. The third-order valence-corrected chi connectivity index (χ3v) is 9.72. The van der Waals surface area contributed by atoms with Gasteiger partial charge in [-0.25, -0.2) is 0 Å². The van der Waals surface area contributed by atoms with Crippen molar-refractivity contribution in [3.8, 4) is 0 Å². The van der Waals surface area contributed by atoms with Crippen LogP contribution in [0.2, 0.25) is 0 Å². The van der Waals surface area contributed by atoms with Crippen molar-refractivity contribution >= 4 is 66.9 Å². The molecule has 0 fully saturated rings. The first-order valence-corrected chi connectivity index (χ1v) is 12.1. The van der Waals surface area contributed by atoms with Crippen LogP contribution in [0.4, 0.5) is 0 Å². The van der Waals surface area contributed by atoms with E-state index in [0.717, 1.165) is 11.5 Å². The van der Waals surface area contributed by atoms with Crippen LogP contribution >= 0.6 is 57.5 Å². The van der Waals surface area contributed by atoms with Crippen LogP contribution in [0.15, 0.2) is 75.2 Å². The summed E-state index contributed by atoms with van der Waals surface area (Å²) in [6, 6.07) is 20.9. The molecule has 4 rings (SSSR count). The Morgan fingerprint density at radius 1 is 0.640 bits per heavy atom. The number of hydrogen-bond donors (Lipinski definition) is 0. The second kappa shape index (κ2) is 8.10. The predicted octanol–water partition coefficient (Wildman–Crippen LogP) is 6.97. The monoisotopic (exact) mass is 418 g/mol. The summed E-state index contributed by atoms with van der Waals surface area (Å²) in [7, 11) is 0. The molecular weight excluding hydrogens is 405 g/mol. The summed E-state index contributed by atoms with van der Waals surface area (Å²) in [6.07, 6.45) is 0. The van der Waals surface area contributed by atoms with Gasteiger partial charge < -0.3 is 0 Å². The Kier molecular flexibility index (Phi) is 5.63. The lowest BCUT2D eigenvalue weighted by atomic mass is 10.4. The van der Waals surface area contributed by atoms with Gasteiger partial charge in [-0.1, -0.05) is 59.1 Å². The molecule has 0 N–H and O–H groups in total. The van der Waals surface area contributed by atoms with E-state index in [2.05, 4.69) is 48.5 Å². The molecule has 2 heterocycles. The van der Waals surface area contributed by atoms with E-state index >= 15 is 0 Å². The Hall–Kier alpha value is -1.05. The molecule has 0 amide bonds. The second-order valence-corrected chi connectivity index (χ2v) is 10.8. The maximum atomic E-state index is 11.9. The quantitative estimate of drug-likeness (QED) is 0.315. The van der Waals surface area contributed by atoms with Gasteiger partial charge >= 0.3 is 0 Å². The minimum absolute atomic E-state index is 0.203. The average Bonchev–Trinajstić information content (AvgIpc) is 3.18. The molecule has 0 aliphatic heterocycles. The summed E-state index contributed by atoms with van der Waals surface area (Å²) in [6.45, 7) is 0. The van der Waals surface area contributed by atoms with Gasteiger partial charge in [0.1, 0.15) is 0 Å². The number of thiophene rings is 1. The number of rotatable bonds is 6. The Labute approximate surface area is 166 Å². The van der Waals surface area contributed by atoms with Gasteiger partial charge in [0.2, 0.25) is 0 Å². The standard InChI is InChI=1S/C19H14OS5/c20-19-24-17-15(11-21-13-7-3-1-4-8-13)23-16(18(17)25-19)12-22-14-9-5-2-6-10-14/h1-10H,11-12H2. The number of benzene rings is 2. The average molecular weight is 419 g/mol. The van der Waals surface area contributed by atoms with E-state index in [1.54, 1.807) is 0 Å². The lowest BCUT2D eigenvalue weighted by Gasteiger charge is -2.00. The maximum Gasteiger partial charge on any atom is 0.288 e. The van der Waals surface area contributed by atoms with E-state index in [9.17, 15) is 4.79 Å². The van der Waals surface area contributed by atoms with Crippen LogP contribution < -0.4 is 4.06 Å². The largest absolute Gasteiger partial charge is 0.288 e. The van der Waals surface area contributed by atoms with Crippen molar-refractivity contribution in [3.63, 3.8) is 0 Å². The Balaban J connectivity index is 1.56. The smallest absolute Gasteiger partial charge is 0.265 e. The lowest BCUT2D eigenvalue weighted by molar-refractivity contribution is 1.44. The first-order valence-electron chi connectivity index (χ1n) is 7.69. The molecule has 0 bridgehead atoms. The first-order chi connectivity index (χ1) is 12.3. The third kappa shape index (κ3) is 4.20. The fraction of sp³-hybridized carbons (Fsp3) is 0.105. The lowest BCUT2D eigenvalue weighted by Crippen LogP contribution is -1.78. The Bertz CT molecular complexity index is 935. The second-order valence-electron chi connectivity index (χ2n) is 5.26. The molecule has 0 aliphatic carbocycles. The highest BCUT2D eigenvalue weighted by Gasteiger charge is 2.16. The highest BCUT2D eigenvalue weighted by Crippen LogP contribution is 2.41. The SMILES string of the molecule is O=c1sc2c(CSc3ccccc3)sc(CSc3ccccc3)c2s1. The van der Waals surface area contributed by atoms with Crippen LogP contribution in [0.3, 0.4) is 0 Å². The highest BCUT2D eigenvalue weighted by atomic mass is 32.2. The molecule has 0 saturated heterocycles. The Morgan fingerprint density at radius 2 is 1.08 bits per heavy atom. The molecule has 126 valence electrons. The molecule has 4 aromatic rings. The minimum Gasteiger partial charge on any atom is -0.265 e. The molecular formula is C19H14OS5. The van der Waals surface area contributed by atoms with Gasteiger partial charge in [0.05, 0.1) is 9.40 Å². The zero-order valence-electron chi connectivity index (χ0n) is 13.1. The van der Waals surface area contributed by atoms with Crippen molar-refractivity contribution in [2.45, 2.75) is 21.3 Å². The van der Waals surface area contributed by atoms with Gasteiger partial charge in [-0.05, 0) is 24.3 Å². The summed E-state index contributed by atoms with van der Waals surface area (Å²) >= 11 is 8.36. The number of fused-ring (bicyclic) bond motifs is 1. The van der Waals surface area contributed by atoms with E-state index in [0.29, 0.717) is 0 Å². The topological polar surface area (TPSA) is 17.1 Å². The van der Waals surface area contributed by atoms with E-state index in [-0.39, 0.29) is 4.06 Å². The van der Waals surface area contributed by atoms with Crippen molar-refractivity contribution in [2.24, 2.45) is 0 Å². The van der Waals surface area contributed by atoms with Crippen molar-refractivity contribution in [1.82, 2.24) is 0 Å². The fourth-order valence-corrected chi connectivity index (χ4v) is 8.37. The van der Waals surface area contributed by atoms with Gasteiger partial charge in [-0.2, -0.15) is 0 Å². The fourth-order valence-electron chi connectivity index (χ4n) is 2.41. The van der Waals surface area contributed by atoms with E-state index in [4.69, 9.17) is 0 Å². The summed E-state index contributed by atoms with van der Waals surface area (Å²) in [5.41, 5.74) is 0. The van der Waals surface area contributed by atoms with Gasteiger partial charge in [0, 0.05) is 31.1 Å². The van der Waals surface area contributed by atoms with Gasteiger partial charge in [0.15, 0.2) is 0 Å². The molecule has 0 radical (unpaired) electrons. The van der Waals surface area contributed by atoms with Crippen molar-refractivity contribution in [3.05, 3.63) is 79.3 Å². The molecule has 25 heavy (non-hydrogen) atoms. The van der Waals surface area contributed by atoms with Gasteiger partial charge in [-0.15, -0.1) is 34.9 Å². The zero-order chi connectivity index (χ0) is 17.1. The highest BCUT2D eigenvalue weighted by molar-refractivity contribution is 7.99. The van der Waals surface area contributed by atoms with Crippen LogP contribution in [-0.4, -0.2) is 0 Å². The summed E-state index contributed by atoms with van der Waals surface area (Å²) in [5.74, 6) is 1.85. The van der Waals surface area contributed by atoms with E-state index in [1.165, 1.54) is 51.6 Å². The van der Waals surface area contributed by atoms with Crippen LogP contribution in [0, 0.1) is 0 Å². The normalized spacial score (nSPS) is 11.2. The molecule has 0 unspecified atom stereocenters. The molecule has 2 aromatic carbocycles. The molecule has 6 heteroatoms. The summed E-state index contributed by atoms with van der Waals surface area (Å²) < 4.78 is 2.61. The minimum atomic E-state index is 0.203. The van der Waals surface area contributed by atoms with Crippen LogP contribution in [-0.2, 0) is 11.5 Å². The van der Waals surface area contributed by atoms with Gasteiger partial charge in [0.25, 0.3) is 4.06 Å². The molecule has 0 saturated carbocycles. The zero-order valence-corrected chi connectivity index (χ0v) is 17.2. The molecule has 0 aliphatic rings. The maximum absolute atomic E-state index is 11.9. The number of hydrogen-bond acceptors (Lipinski definition) is 6. The third-order valence-electron chi connectivity index (χ3n) is 3.56. The summed E-state index contributed by atoms with van der Waals surface area (Å²) in [5, 5.41) is 0. The molecule has 1 nitrogen and oxygen atoms in total. The van der Waals surface area contributed by atoms with Crippen LogP contribution in [0.5, 0.6) is 0 Å². The molecule has 0 spiro atoms. The molecule has 0 atom stereocenters. The Morgan fingerprint density at radius 3 is 1.52 bits per heavy atom. The number of thioether (sulfide) groups is 2. The molecule has 2 aromatic heterocycles. The van der Waals surface area contributed by atoms with Gasteiger partial charge in [-0.3, -0.25) is 4.79 Å². The van der Waals surface area contributed by atoms with Crippen molar-refractivity contribution in [1.29, 1.82) is 0 Å². The van der Waals surface area contributed by atoms with Crippen LogP contribution in [0.25, 0.3) is 9.40 Å². The summed E-state index contributed by atoms with van der Waals surface area (Å²) in [4.78, 5) is 17.1. The van der Waals surface area contributed by atoms with Crippen LogP contribution in [0.1, 0.15) is 9.75 Å².